The molecule has 1 rings (SSSR count). The molecule has 0 amide bonds. The van der Waals surface area contributed by atoms with Crippen LogP contribution >= 0.6 is 0 Å². The van der Waals surface area contributed by atoms with Crippen molar-refractivity contribution in [3.8, 4) is 6.07 Å². The Balaban J connectivity index is 2.91. The van der Waals surface area contributed by atoms with Crippen molar-refractivity contribution in [3.63, 3.8) is 0 Å². The summed E-state index contributed by atoms with van der Waals surface area (Å²) in [7, 11) is 1.68. The maximum Gasteiger partial charge on any atom is 0.101 e. The lowest BCUT2D eigenvalue weighted by atomic mass is 10.1. The van der Waals surface area contributed by atoms with Gasteiger partial charge >= 0.3 is 0 Å². The number of pyridine rings is 1. The summed E-state index contributed by atoms with van der Waals surface area (Å²) >= 11 is 0. The van der Waals surface area contributed by atoms with Crippen LogP contribution in [0.15, 0.2) is 18.5 Å². The van der Waals surface area contributed by atoms with Gasteiger partial charge in [0.15, 0.2) is 0 Å². The molecule has 4 nitrogen and oxygen atoms in total. The first kappa shape index (κ1) is 13.5. The average molecular weight is 233 g/mol. The van der Waals surface area contributed by atoms with Crippen LogP contribution in [0, 0.1) is 17.2 Å². The molecule has 0 aliphatic carbocycles. The summed E-state index contributed by atoms with van der Waals surface area (Å²) in [6.07, 6.45) is 3.39. The molecule has 92 valence electrons. The lowest BCUT2D eigenvalue weighted by Gasteiger charge is -2.26. The van der Waals surface area contributed by atoms with Gasteiger partial charge in [-0.2, -0.15) is 5.26 Å². The number of ether oxygens (including phenoxy) is 1. The highest BCUT2D eigenvalue weighted by Crippen LogP contribution is 2.19. The minimum Gasteiger partial charge on any atom is -0.383 e. The van der Waals surface area contributed by atoms with Crippen LogP contribution in [0.1, 0.15) is 19.4 Å². The predicted octanol–water partition coefficient (Wildman–Crippen LogP) is 2.06. The second-order valence-electron chi connectivity index (χ2n) is 4.34. The molecule has 0 fully saturated rings. The maximum absolute atomic E-state index is 9.09. The SMILES string of the molecule is COCCN(CC(C)C)c1cnccc1C#N. The molecule has 0 unspecified atom stereocenters. The molecule has 0 aromatic carbocycles. The maximum atomic E-state index is 9.09. The lowest BCUT2D eigenvalue weighted by molar-refractivity contribution is 0.204. The zero-order valence-electron chi connectivity index (χ0n) is 10.7. The van der Waals surface area contributed by atoms with Gasteiger partial charge < -0.3 is 9.64 Å². The molecule has 0 bridgehead atoms. The van der Waals surface area contributed by atoms with Gasteiger partial charge in [0.1, 0.15) is 6.07 Å². The van der Waals surface area contributed by atoms with Crippen LogP contribution in [0.2, 0.25) is 0 Å². The van der Waals surface area contributed by atoms with Gasteiger partial charge in [0, 0.05) is 26.4 Å². The Kier molecular flexibility index (Phi) is 5.44. The Hall–Kier alpha value is -1.60. The molecule has 1 heterocycles. The lowest BCUT2D eigenvalue weighted by Crippen LogP contribution is -2.31. The largest absolute Gasteiger partial charge is 0.383 e. The summed E-state index contributed by atoms with van der Waals surface area (Å²) in [5.41, 5.74) is 1.55. The number of hydrogen-bond acceptors (Lipinski definition) is 4. The summed E-state index contributed by atoms with van der Waals surface area (Å²) in [6.45, 7) is 6.62. The molecule has 0 spiro atoms. The Morgan fingerprint density at radius 1 is 1.53 bits per heavy atom. The number of anilines is 1. The summed E-state index contributed by atoms with van der Waals surface area (Å²) in [4.78, 5) is 6.25. The Labute approximate surface area is 103 Å². The first-order valence-corrected chi connectivity index (χ1v) is 5.77. The Bertz CT molecular complexity index is 384. The molecular formula is C13H19N3O. The van der Waals surface area contributed by atoms with Crippen LogP contribution in [-0.4, -0.2) is 31.8 Å². The molecule has 17 heavy (non-hydrogen) atoms. The first-order chi connectivity index (χ1) is 8.19. The van der Waals surface area contributed by atoms with Crippen molar-refractivity contribution in [1.29, 1.82) is 5.26 Å². The van der Waals surface area contributed by atoms with Crippen LogP contribution in [0.5, 0.6) is 0 Å². The van der Waals surface area contributed by atoms with Crippen LogP contribution in [-0.2, 0) is 4.74 Å². The van der Waals surface area contributed by atoms with Gasteiger partial charge in [-0.1, -0.05) is 13.8 Å². The summed E-state index contributed by atoms with van der Waals surface area (Å²) in [5, 5.41) is 9.09. The van der Waals surface area contributed by atoms with E-state index in [2.05, 4.69) is 29.8 Å². The van der Waals surface area contributed by atoms with Gasteiger partial charge in [0.05, 0.1) is 24.1 Å². The second kappa shape index (κ2) is 6.87. The number of aromatic nitrogens is 1. The zero-order valence-corrected chi connectivity index (χ0v) is 10.7. The van der Waals surface area contributed by atoms with Gasteiger partial charge in [-0.25, -0.2) is 0 Å². The van der Waals surface area contributed by atoms with Crippen molar-refractivity contribution in [2.24, 2.45) is 5.92 Å². The van der Waals surface area contributed by atoms with Crippen molar-refractivity contribution in [3.05, 3.63) is 24.0 Å². The summed E-state index contributed by atoms with van der Waals surface area (Å²) < 4.78 is 5.10. The summed E-state index contributed by atoms with van der Waals surface area (Å²) in [6, 6.07) is 3.95. The molecule has 1 aromatic rings. The fourth-order valence-electron chi connectivity index (χ4n) is 1.69. The second-order valence-corrected chi connectivity index (χ2v) is 4.34. The standard InChI is InChI=1S/C13H19N3O/c1-11(2)10-16(6-7-17-3)13-9-15-5-4-12(13)8-14/h4-5,9,11H,6-7,10H2,1-3H3. The van der Waals surface area contributed by atoms with Gasteiger partial charge in [-0.3, -0.25) is 4.98 Å². The van der Waals surface area contributed by atoms with E-state index in [4.69, 9.17) is 10.00 Å². The smallest absolute Gasteiger partial charge is 0.101 e. The van der Waals surface area contributed by atoms with Crippen molar-refractivity contribution in [2.45, 2.75) is 13.8 Å². The number of nitrogens with zero attached hydrogens (tertiary/aromatic N) is 3. The van der Waals surface area contributed by atoms with Crippen LogP contribution in [0.3, 0.4) is 0 Å². The molecule has 4 heteroatoms. The molecule has 0 aliphatic heterocycles. The van der Waals surface area contributed by atoms with Crippen molar-refractivity contribution in [2.75, 3.05) is 31.7 Å². The minimum absolute atomic E-state index is 0.526. The molecule has 0 saturated carbocycles. The van der Waals surface area contributed by atoms with E-state index in [1.54, 1.807) is 25.6 Å². The van der Waals surface area contributed by atoms with E-state index in [0.717, 1.165) is 18.8 Å². The van der Waals surface area contributed by atoms with Crippen LogP contribution < -0.4 is 4.90 Å². The van der Waals surface area contributed by atoms with Gasteiger partial charge in [-0.15, -0.1) is 0 Å². The van der Waals surface area contributed by atoms with Gasteiger partial charge in [-0.05, 0) is 12.0 Å². The van der Waals surface area contributed by atoms with Gasteiger partial charge in [0.25, 0.3) is 0 Å². The zero-order chi connectivity index (χ0) is 12.7. The fourth-order valence-corrected chi connectivity index (χ4v) is 1.69. The number of methoxy groups -OCH3 is 1. The summed E-state index contributed by atoms with van der Waals surface area (Å²) in [5.74, 6) is 0.526. The van der Waals surface area contributed by atoms with Gasteiger partial charge in [0.2, 0.25) is 0 Å². The molecule has 0 N–H and O–H groups in total. The Morgan fingerprint density at radius 3 is 2.88 bits per heavy atom. The van der Waals surface area contributed by atoms with E-state index in [-0.39, 0.29) is 0 Å². The normalized spacial score (nSPS) is 10.3. The van der Waals surface area contributed by atoms with Crippen molar-refractivity contribution < 1.29 is 4.74 Å². The minimum atomic E-state index is 0.526. The van der Waals surface area contributed by atoms with Crippen LogP contribution in [0.25, 0.3) is 0 Å². The third-order valence-corrected chi connectivity index (χ3v) is 2.41. The predicted molar refractivity (Wildman–Crippen MR) is 67.9 cm³/mol. The van der Waals surface area contributed by atoms with E-state index in [1.807, 2.05) is 0 Å². The highest BCUT2D eigenvalue weighted by atomic mass is 16.5. The fraction of sp³-hybridized carbons (Fsp3) is 0.538. The molecule has 0 atom stereocenters. The van der Waals surface area contributed by atoms with Crippen molar-refractivity contribution in [1.82, 2.24) is 4.98 Å². The molecule has 0 saturated heterocycles. The molecule has 0 aliphatic rings. The number of nitriles is 1. The topological polar surface area (TPSA) is 49.1 Å². The Morgan fingerprint density at radius 2 is 2.29 bits per heavy atom. The van der Waals surface area contributed by atoms with E-state index >= 15 is 0 Å². The highest BCUT2D eigenvalue weighted by Gasteiger charge is 2.12. The number of hydrogen-bond donors (Lipinski definition) is 0. The van der Waals surface area contributed by atoms with E-state index in [0.29, 0.717) is 18.1 Å². The highest BCUT2D eigenvalue weighted by molar-refractivity contribution is 5.57. The van der Waals surface area contributed by atoms with Crippen molar-refractivity contribution >= 4 is 5.69 Å². The van der Waals surface area contributed by atoms with E-state index < -0.39 is 0 Å². The van der Waals surface area contributed by atoms with E-state index in [9.17, 15) is 0 Å². The third kappa shape index (κ3) is 4.04. The number of rotatable bonds is 6. The molecule has 1 aromatic heterocycles. The third-order valence-electron chi connectivity index (χ3n) is 2.41. The molecule has 0 radical (unpaired) electrons. The monoisotopic (exact) mass is 233 g/mol. The van der Waals surface area contributed by atoms with Crippen LogP contribution in [0.4, 0.5) is 5.69 Å². The van der Waals surface area contributed by atoms with E-state index in [1.165, 1.54) is 0 Å². The average Bonchev–Trinajstić information content (AvgIpc) is 2.34. The first-order valence-electron chi connectivity index (χ1n) is 5.77. The molecular weight excluding hydrogens is 214 g/mol. The quantitative estimate of drug-likeness (QED) is 0.754.